The lowest BCUT2D eigenvalue weighted by molar-refractivity contribution is 0.112. The van der Waals surface area contributed by atoms with Gasteiger partial charge in [-0.3, -0.25) is 0 Å². The van der Waals surface area contributed by atoms with Gasteiger partial charge in [-0.05, 0) is 56.3 Å². The van der Waals surface area contributed by atoms with Crippen molar-refractivity contribution in [2.24, 2.45) is 5.92 Å². The molecule has 6 heteroatoms. The maximum atomic E-state index is 5.94. The third-order valence-electron chi connectivity index (χ3n) is 3.34. The van der Waals surface area contributed by atoms with Gasteiger partial charge in [0.25, 0.3) is 0 Å². The van der Waals surface area contributed by atoms with Gasteiger partial charge in [0.15, 0.2) is 0 Å². The van der Waals surface area contributed by atoms with E-state index in [9.17, 15) is 0 Å². The van der Waals surface area contributed by atoms with Crippen molar-refractivity contribution in [3.63, 3.8) is 0 Å². The largest absolute Gasteiger partial charge is 0.377 e. The minimum absolute atomic E-state index is 0.165. The average Bonchev–Trinajstić information content (AvgIpc) is 2.42. The Hall–Kier alpha value is -0.420. The monoisotopic (exact) mass is 303 g/mol. The minimum Gasteiger partial charge on any atom is -0.377 e. The summed E-state index contributed by atoms with van der Waals surface area (Å²) in [4.78, 5) is 7.77. The van der Waals surface area contributed by atoms with Crippen molar-refractivity contribution in [1.29, 1.82) is 0 Å². The van der Waals surface area contributed by atoms with E-state index in [0.29, 0.717) is 11.8 Å². The molecule has 1 aliphatic heterocycles. The van der Waals surface area contributed by atoms with Crippen LogP contribution >= 0.6 is 23.2 Å². The highest BCUT2D eigenvalue weighted by molar-refractivity contribution is 6.32. The van der Waals surface area contributed by atoms with E-state index in [0.717, 1.165) is 31.1 Å². The molecule has 2 rings (SSSR count). The second-order valence-corrected chi connectivity index (χ2v) is 5.56. The molecule has 0 radical (unpaired) electrons. The molecule has 1 aromatic rings. The summed E-state index contributed by atoms with van der Waals surface area (Å²) >= 11 is 11.6. The lowest BCUT2D eigenvalue weighted by Gasteiger charge is -2.22. The Balaban J connectivity index is 1.61. The molecule has 1 fully saturated rings. The van der Waals surface area contributed by atoms with Gasteiger partial charge < -0.3 is 10.1 Å². The van der Waals surface area contributed by atoms with E-state index in [-0.39, 0.29) is 5.28 Å². The molecule has 1 atom stereocenters. The van der Waals surface area contributed by atoms with Gasteiger partial charge in [-0.25, -0.2) is 9.97 Å². The fraction of sp³-hybridized carbons (Fsp3) is 0.692. The Kier molecular flexibility index (Phi) is 6.31. The highest BCUT2D eigenvalue weighted by Gasteiger charge is 2.12. The Morgan fingerprint density at radius 1 is 1.42 bits per heavy atom. The summed E-state index contributed by atoms with van der Waals surface area (Å²) in [5.74, 6) is 0.805. The molecule has 0 spiro atoms. The molecule has 0 amide bonds. The summed E-state index contributed by atoms with van der Waals surface area (Å²) in [6, 6.07) is 0. The van der Waals surface area contributed by atoms with Gasteiger partial charge in [-0.2, -0.15) is 0 Å². The Morgan fingerprint density at radius 3 is 3.05 bits per heavy atom. The van der Waals surface area contributed by atoms with Crippen molar-refractivity contribution >= 4 is 23.2 Å². The van der Waals surface area contributed by atoms with Crippen molar-refractivity contribution < 1.29 is 4.74 Å². The Bertz CT molecular complexity index is 397. The van der Waals surface area contributed by atoms with E-state index >= 15 is 0 Å². The van der Waals surface area contributed by atoms with E-state index in [2.05, 4.69) is 15.3 Å². The molecular formula is C13H19Cl2N3O. The quantitative estimate of drug-likeness (QED) is 0.498. The van der Waals surface area contributed by atoms with E-state index < -0.39 is 0 Å². The summed E-state index contributed by atoms with van der Waals surface area (Å²) in [6.45, 7) is 3.51. The van der Waals surface area contributed by atoms with Crippen LogP contribution in [0.5, 0.6) is 0 Å². The van der Waals surface area contributed by atoms with Crippen molar-refractivity contribution in [2.45, 2.75) is 32.3 Å². The number of hydrogen-bond donors (Lipinski definition) is 1. The highest BCUT2D eigenvalue weighted by Crippen LogP contribution is 2.17. The molecule has 19 heavy (non-hydrogen) atoms. The number of nitrogens with zero attached hydrogens (tertiary/aromatic N) is 2. The minimum atomic E-state index is 0.165. The Labute approximate surface area is 123 Å². The molecule has 2 heterocycles. The van der Waals surface area contributed by atoms with Crippen molar-refractivity contribution in [3.05, 3.63) is 22.2 Å². The van der Waals surface area contributed by atoms with Crippen LogP contribution in [0.3, 0.4) is 0 Å². The first-order valence-electron chi connectivity index (χ1n) is 6.71. The normalized spacial score (nSPS) is 19.6. The van der Waals surface area contributed by atoms with E-state index in [1.165, 1.54) is 25.8 Å². The highest BCUT2D eigenvalue weighted by atomic mass is 35.5. The fourth-order valence-corrected chi connectivity index (χ4v) is 2.65. The molecule has 0 unspecified atom stereocenters. The molecule has 0 aromatic carbocycles. The van der Waals surface area contributed by atoms with Gasteiger partial charge in [0.1, 0.15) is 5.15 Å². The zero-order chi connectivity index (χ0) is 13.5. The molecule has 1 aromatic heterocycles. The van der Waals surface area contributed by atoms with Crippen molar-refractivity contribution in [2.75, 3.05) is 19.7 Å². The van der Waals surface area contributed by atoms with Crippen LogP contribution in [0.1, 0.15) is 31.2 Å². The SMILES string of the molecule is Clc1ncc(COCCC[C@H]2CCCNC2)c(Cl)n1. The van der Waals surface area contributed by atoms with Crippen LogP contribution < -0.4 is 5.32 Å². The van der Waals surface area contributed by atoms with Crippen molar-refractivity contribution in [3.8, 4) is 0 Å². The van der Waals surface area contributed by atoms with Crippen LogP contribution in [0.4, 0.5) is 0 Å². The molecule has 4 nitrogen and oxygen atoms in total. The number of rotatable bonds is 6. The van der Waals surface area contributed by atoms with Gasteiger partial charge in [-0.15, -0.1) is 0 Å². The molecule has 1 N–H and O–H groups in total. The molecule has 0 bridgehead atoms. The third-order valence-corrected chi connectivity index (χ3v) is 3.85. The summed E-state index contributed by atoms with van der Waals surface area (Å²) in [5.41, 5.74) is 0.783. The maximum absolute atomic E-state index is 5.94. The summed E-state index contributed by atoms with van der Waals surface area (Å²) < 4.78 is 5.60. The summed E-state index contributed by atoms with van der Waals surface area (Å²) in [6.07, 6.45) is 6.55. The first kappa shape index (κ1) is 15.0. The average molecular weight is 304 g/mol. The fourth-order valence-electron chi connectivity index (χ4n) is 2.29. The van der Waals surface area contributed by atoms with Gasteiger partial charge in [-0.1, -0.05) is 11.6 Å². The van der Waals surface area contributed by atoms with E-state index in [1.54, 1.807) is 6.20 Å². The van der Waals surface area contributed by atoms with Crippen LogP contribution in [0.15, 0.2) is 6.20 Å². The van der Waals surface area contributed by atoms with Crippen LogP contribution in [0.2, 0.25) is 10.4 Å². The van der Waals surface area contributed by atoms with Gasteiger partial charge in [0, 0.05) is 18.4 Å². The molecule has 0 saturated carbocycles. The lowest BCUT2D eigenvalue weighted by atomic mass is 9.95. The first-order chi connectivity index (χ1) is 9.25. The topological polar surface area (TPSA) is 47.0 Å². The molecule has 1 aliphatic rings. The zero-order valence-corrected chi connectivity index (χ0v) is 12.4. The lowest BCUT2D eigenvalue weighted by Crippen LogP contribution is -2.29. The zero-order valence-electron chi connectivity index (χ0n) is 10.9. The second kappa shape index (κ2) is 8.00. The maximum Gasteiger partial charge on any atom is 0.223 e. The number of hydrogen-bond acceptors (Lipinski definition) is 4. The predicted octanol–water partition coefficient (Wildman–Crippen LogP) is 3.08. The Morgan fingerprint density at radius 2 is 2.32 bits per heavy atom. The number of aromatic nitrogens is 2. The number of nitrogens with one attached hydrogen (secondary N) is 1. The molecule has 0 aliphatic carbocycles. The van der Waals surface area contributed by atoms with E-state index in [1.807, 2.05) is 0 Å². The second-order valence-electron chi connectivity index (χ2n) is 4.86. The van der Waals surface area contributed by atoms with Crippen LogP contribution in [-0.2, 0) is 11.3 Å². The van der Waals surface area contributed by atoms with Crippen LogP contribution in [-0.4, -0.2) is 29.7 Å². The summed E-state index contributed by atoms with van der Waals surface area (Å²) in [5, 5.41) is 3.96. The van der Waals surface area contributed by atoms with Gasteiger partial charge in [0.2, 0.25) is 5.28 Å². The third kappa shape index (κ3) is 5.22. The van der Waals surface area contributed by atoms with Gasteiger partial charge in [0.05, 0.1) is 6.61 Å². The summed E-state index contributed by atoms with van der Waals surface area (Å²) in [7, 11) is 0. The molecule has 106 valence electrons. The number of ether oxygens (including phenoxy) is 1. The smallest absolute Gasteiger partial charge is 0.223 e. The first-order valence-corrected chi connectivity index (χ1v) is 7.46. The number of piperidine rings is 1. The molecule has 1 saturated heterocycles. The van der Waals surface area contributed by atoms with Gasteiger partial charge >= 0.3 is 0 Å². The van der Waals surface area contributed by atoms with Crippen LogP contribution in [0, 0.1) is 5.92 Å². The predicted molar refractivity (Wildman–Crippen MR) is 76.5 cm³/mol. The standard InChI is InChI=1S/C13H19Cl2N3O/c14-12-11(8-17-13(15)18-12)9-19-6-2-4-10-3-1-5-16-7-10/h8,10,16H,1-7,9H2/t10-/m1/s1. The number of halogens is 2. The van der Waals surface area contributed by atoms with Crippen LogP contribution in [0.25, 0.3) is 0 Å². The molecular weight excluding hydrogens is 285 g/mol. The van der Waals surface area contributed by atoms with E-state index in [4.69, 9.17) is 27.9 Å². The van der Waals surface area contributed by atoms with Crippen molar-refractivity contribution in [1.82, 2.24) is 15.3 Å².